The molecule has 1 rings (SSSR count). The van der Waals surface area contributed by atoms with E-state index in [1.54, 1.807) is 0 Å². The Kier molecular flexibility index (Phi) is 16.2. The number of methoxy groups -OCH3 is 1. The summed E-state index contributed by atoms with van der Waals surface area (Å²) >= 11 is 0. The minimum Gasteiger partial charge on any atom is -0.466 e. The van der Waals surface area contributed by atoms with Crippen molar-refractivity contribution in [3.8, 4) is 0 Å². The SMILES string of the molecule is CCCCCCCCCCCCCCCCCC(=O)O[C@@H]1C=C(C(=O)OC)C[C@@H](O)[C@@H]1O. The number of rotatable bonds is 18. The molecule has 0 fully saturated rings. The smallest absolute Gasteiger partial charge is 0.333 e. The second-order valence-electron chi connectivity index (χ2n) is 9.10. The van der Waals surface area contributed by atoms with Crippen molar-refractivity contribution in [3.63, 3.8) is 0 Å². The van der Waals surface area contributed by atoms with Crippen LogP contribution in [0.2, 0.25) is 0 Å². The Morgan fingerprint density at radius 1 is 0.844 bits per heavy atom. The number of carbonyl (C=O) groups is 2. The van der Waals surface area contributed by atoms with Gasteiger partial charge in [0.25, 0.3) is 0 Å². The van der Waals surface area contributed by atoms with Crippen molar-refractivity contribution in [3.05, 3.63) is 11.6 Å². The summed E-state index contributed by atoms with van der Waals surface area (Å²) < 4.78 is 9.93. The zero-order chi connectivity index (χ0) is 23.6. The van der Waals surface area contributed by atoms with Gasteiger partial charge < -0.3 is 19.7 Å². The Morgan fingerprint density at radius 3 is 1.78 bits per heavy atom. The Labute approximate surface area is 194 Å². The van der Waals surface area contributed by atoms with Gasteiger partial charge in [-0.15, -0.1) is 0 Å². The van der Waals surface area contributed by atoms with Crippen LogP contribution >= 0.6 is 0 Å². The summed E-state index contributed by atoms with van der Waals surface area (Å²) in [5, 5.41) is 19.9. The maximum atomic E-state index is 12.1. The van der Waals surface area contributed by atoms with Crippen molar-refractivity contribution in [1.29, 1.82) is 0 Å². The molecule has 0 unspecified atom stereocenters. The van der Waals surface area contributed by atoms with Crippen molar-refractivity contribution < 1.29 is 29.3 Å². The summed E-state index contributed by atoms with van der Waals surface area (Å²) in [5.74, 6) is -1.00. The van der Waals surface area contributed by atoms with Crippen LogP contribution in [-0.2, 0) is 19.1 Å². The number of ether oxygens (including phenoxy) is 2. The molecule has 32 heavy (non-hydrogen) atoms. The molecular weight excluding hydrogens is 408 g/mol. The zero-order valence-corrected chi connectivity index (χ0v) is 20.4. The fourth-order valence-corrected chi connectivity index (χ4v) is 4.17. The largest absolute Gasteiger partial charge is 0.466 e. The molecule has 0 amide bonds. The average Bonchev–Trinajstić information content (AvgIpc) is 2.78. The van der Waals surface area contributed by atoms with E-state index in [0.29, 0.717) is 0 Å². The summed E-state index contributed by atoms with van der Waals surface area (Å²) in [6.45, 7) is 2.26. The summed E-state index contributed by atoms with van der Waals surface area (Å²) in [5.41, 5.74) is 0.218. The Balaban J connectivity index is 2.02. The number of unbranched alkanes of at least 4 members (excludes halogenated alkanes) is 14. The monoisotopic (exact) mass is 454 g/mol. The van der Waals surface area contributed by atoms with Crippen LogP contribution < -0.4 is 0 Å². The van der Waals surface area contributed by atoms with E-state index < -0.39 is 30.3 Å². The third-order valence-electron chi connectivity index (χ3n) is 6.22. The molecule has 0 saturated carbocycles. The van der Waals surface area contributed by atoms with Crippen LogP contribution in [0.1, 0.15) is 116 Å². The molecule has 0 aromatic carbocycles. The highest BCUT2D eigenvalue weighted by Crippen LogP contribution is 2.23. The lowest BCUT2D eigenvalue weighted by molar-refractivity contribution is -0.157. The molecule has 0 aliphatic heterocycles. The number of carbonyl (C=O) groups excluding carboxylic acids is 2. The molecule has 1 aliphatic carbocycles. The van der Waals surface area contributed by atoms with Crippen LogP contribution in [0.3, 0.4) is 0 Å². The van der Waals surface area contributed by atoms with Gasteiger partial charge in [-0.25, -0.2) is 4.79 Å². The predicted octanol–water partition coefficient (Wildman–Crippen LogP) is 5.38. The minimum absolute atomic E-state index is 0.0130. The van der Waals surface area contributed by atoms with Crippen LogP contribution in [0.25, 0.3) is 0 Å². The van der Waals surface area contributed by atoms with E-state index in [4.69, 9.17) is 4.74 Å². The van der Waals surface area contributed by atoms with Gasteiger partial charge in [0.05, 0.1) is 13.2 Å². The topological polar surface area (TPSA) is 93.1 Å². The highest BCUT2D eigenvalue weighted by Gasteiger charge is 2.35. The van der Waals surface area contributed by atoms with Gasteiger partial charge in [0, 0.05) is 18.4 Å². The molecule has 0 spiro atoms. The normalized spacial score (nSPS) is 20.6. The van der Waals surface area contributed by atoms with E-state index in [1.165, 1.54) is 90.2 Å². The number of esters is 2. The van der Waals surface area contributed by atoms with Crippen LogP contribution in [-0.4, -0.2) is 47.6 Å². The van der Waals surface area contributed by atoms with E-state index in [0.717, 1.165) is 19.3 Å². The van der Waals surface area contributed by atoms with Gasteiger partial charge in [0.15, 0.2) is 0 Å². The van der Waals surface area contributed by atoms with Crippen molar-refractivity contribution in [2.75, 3.05) is 7.11 Å². The third-order valence-corrected chi connectivity index (χ3v) is 6.22. The van der Waals surface area contributed by atoms with Crippen molar-refractivity contribution in [1.82, 2.24) is 0 Å². The van der Waals surface area contributed by atoms with Gasteiger partial charge >= 0.3 is 11.9 Å². The highest BCUT2D eigenvalue weighted by molar-refractivity contribution is 5.88. The lowest BCUT2D eigenvalue weighted by Gasteiger charge is -2.29. The van der Waals surface area contributed by atoms with Crippen LogP contribution in [0.5, 0.6) is 0 Å². The third kappa shape index (κ3) is 12.6. The lowest BCUT2D eigenvalue weighted by atomic mass is 9.92. The number of aliphatic hydroxyl groups is 2. The van der Waals surface area contributed by atoms with Crippen molar-refractivity contribution in [2.45, 2.75) is 134 Å². The second-order valence-corrected chi connectivity index (χ2v) is 9.10. The molecule has 0 saturated heterocycles. The van der Waals surface area contributed by atoms with Crippen LogP contribution in [0, 0.1) is 0 Å². The van der Waals surface area contributed by atoms with Crippen molar-refractivity contribution in [2.24, 2.45) is 0 Å². The molecule has 0 heterocycles. The molecule has 0 aromatic heterocycles. The Morgan fingerprint density at radius 2 is 1.31 bits per heavy atom. The van der Waals surface area contributed by atoms with Crippen molar-refractivity contribution >= 4 is 11.9 Å². The Hall–Kier alpha value is -1.40. The molecular formula is C26H46O6. The Bertz CT molecular complexity index is 544. The molecule has 0 bridgehead atoms. The zero-order valence-electron chi connectivity index (χ0n) is 20.4. The fraction of sp³-hybridized carbons (Fsp3) is 0.846. The maximum absolute atomic E-state index is 12.1. The van der Waals surface area contributed by atoms with E-state index in [-0.39, 0.29) is 18.4 Å². The molecule has 2 N–H and O–H groups in total. The average molecular weight is 455 g/mol. The van der Waals surface area contributed by atoms with Gasteiger partial charge in [-0.05, 0) is 12.5 Å². The molecule has 0 radical (unpaired) electrons. The number of hydrogen-bond donors (Lipinski definition) is 2. The quantitative estimate of drug-likeness (QED) is 0.213. The van der Waals surface area contributed by atoms with Crippen LogP contribution in [0.15, 0.2) is 11.6 Å². The van der Waals surface area contributed by atoms with Gasteiger partial charge in [-0.3, -0.25) is 4.79 Å². The first-order valence-electron chi connectivity index (χ1n) is 12.8. The molecule has 6 nitrogen and oxygen atoms in total. The first kappa shape index (κ1) is 28.6. The maximum Gasteiger partial charge on any atom is 0.333 e. The van der Waals surface area contributed by atoms with Crippen LogP contribution in [0.4, 0.5) is 0 Å². The van der Waals surface area contributed by atoms with Gasteiger partial charge in [0.2, 0.25) is 0 Å². The summed E-state index contributed by atoms with van der Waals surface area (Å²) in [7, 11) is 1.25. The summed E-state index contributed by atoms with van der Waals surface area (Å²) in [6, 6.07) is 0. The number of aliphatic hydroxyl groups excluding tert-OH is 2. The second kappa shape index (κ2) is 18.1. The fourth-order valence-electron chi connectivity index (χ4n) is 4.17. The summed E-state index contributed by atoms with van der Waals surface area (Å²) in [4.78, 5) is 23.7. The van der Waals surface area contributed by atoms with E-state index in [9.17, 15) is 19.8 Å². The standard InChI is InChI=1S/C26H46O6/c1-3-4-5-6-7-8-9-10-11-12-13-14-15-16-17-18-24(28)32-23-20-21(26(30)31-2)19-22(27)25(23)29/h20,22-23,25,27,29H,3-19H2,1-2H3/t22-,23-,25+/m1/s1. The first-order valence-corrected chi connectivity index (χ1v) is 12.8. The van der Waals surface area contributed by atoms with E-state index in [2.05, 4.69) is 11.7 Å². The predicted molar refractivity (Wildman–Crippen MR) is 126 cm³/mol. The molecule has 186 valence electrons. The van der Waals surface area contributed by atoms with E-state index >= 15 is 0 Å². The molecule has 6 heteroatoms. The van der Waals surface area contributed by atoms with E-state index in [1.807, 2.05) is 0 Å². The first-order chi connectivity index (χ1) is 15.5. The van der Waals surface area contributed by atoms with Gasteiger partial charge in [-0.2, -0.15) is 0 Å². The highest BCUT2D eigenvalue weighted by atomic mass is 16.6. The minimum atomic E-state index is -1.23. The molecule has 0 aromatic rings. The van der Waals surface area contributed by atoms with Gasteiger partial charge in [-0.1, -0.05) is 96.8 Å². The lowest BCUT2D eigenvalue weighted by Crippen LogP contribution is -2.43. The summed E-state index contributed by atoms with van der Waals surface area (Å²) in [6.07, 6.45) is 17.2. The molecule has 3 atom stereocenters. The molecule has 1 aliphatic rings. The number of hydrogen-bond acceptors (Lipinski definition) is 6. The van der Waals surface area contributed by atoms with Gasteiger partial charge in [0.1, 0.15) is 12.2 Å².